The Morgan fingerprint density at radius 2 is 1.56 bits per heavy atom. The highest BCUT2D eigenvalue weighted by Gasteiger charge is 2.40. The maximum atomic E-state index is 13.5. The summed E-state index contributed by atoms with van der Waals surface area (Å²) in [5.74, 6) is 0.348. The average Bonchev–Trinajstić information content (AvgIpc) is 2.99. The Morgan fingerprint density at radius 3 is 2.06 bits per heavy atom. The van der Waals surface area contributed by atoms with Crippen LogP contribution in [0.2, 0.25) is 0 Å². The number of benzene rings is 2. The molecule has 0 bridgehead atoms. The van der Waals surface area contributed by atoms with Crippen molar-refractivity contribution in [3.63, 3.8) is 0 Å². The molecule has 32 heavy (non-hydrogen) atoms. The molecule has 0 aliphatic carbocycles. The number of carbonyl (C=O) groups excluding carboxylic acids is 1. The molecule has 3 rings (SSSR count). The van der Waals surface area contributed by atoms with Crippen LogP contribution in [0, 0.1) is 0 Å². The standard InChI is InChI=1S/C27H36N2O2S/c1-18-29(28(8)15-14-19-12-10-9-11-13-19)25(31)24(32-18)20-16-21(26(2,3)4)23(30)22(17-20)27(5,6)7/h9-13,16-17,24,30H,1,14-15H2,2-8H3. The lowest BCUT2D eigenvalue weighted by Gasteiger charge is -2.29. The van der Waals surface area contributed by atoms with Gasteiger partial charge in [-0.15, -0.1) is 0 Å². The number of amides is 1. The molecule has 1 aliphatic rings. The number of carbonyl (C=O) groups is 1. The van der Waals surface area contributed by atoms with Crippen LogP contribution >= 0.6 is 11.8 Å². The van der Waals surface area contributed by atoms with E-state index in [4.69, 9.17) is 0 Å². The summed E-state index contributed by atoms with van der Waals surface area (Å²) in [6.07, 6.45) is 0.852. The molecule has 0 aromatic heterocycles. The van der Waals surface area contributed by atoms with Gasteiger partial charge in [0.1, 0.15) is 11.0 Å². The largest absolute Gasteiger partial charge is 0.507 e. The predicted octanol–water partition coefficient (Wildman–Crippen LogP) is 6.16. The first-order valence-corrected chi connectivity index (χ1v) is 12.0. The van der Waals surface area contributed by atoms with E-state index in [2.05, 4.69) is 60.3 Å². The third-order valence-electron chi connectivity index (χ3n) is 5.88. The second-order valence-electron chi connectivity index (χ2n) is 10.6. The number of hydrogen-bond donors (Lipinski definition) is 1. The fraction of sp³-hybridized carbons (Fsp3) is 0.444. The normalized spacial score (nSPS) is 17.5. The molecule has 0 radical (unpaired) electrons. The van der Waals surface area contributed by atoms with Crippen molar-refractivity contribution < 1.29 is 9.90 Å². The molecule has 1 fully saturated rings. The van der Waals surface area contributed by atoms with E-state index in [1.54, 1.807) is 5.01 Å². The smallest absolute Gasteiger partial charge is 0.260 e. The Hall–Kier alpha value is -2.24. The second kappa shape index (κ2) is 8.95. The Bertz CT molecular complexity index is 968. The summed E-state index contributed by atoms with van der Waals surface area (Å²) in [5.41, 5.74) is 3.42. The summed E-state index contributed by atoms with van der Waals surface area (Å²) >= 11 is 1.49. The lowest BCUT2D eigenvalue weighted by atomic mass is 9.78. The van der Waals surface area contributed by atoms with Gasteiger partial charge < -0.3 is 5.11 Å². The molecule has 2 aromatic carbocycles. The molecule has 1 aliphatic heterocycles. The van der Waals surface area contributed by atoms with Gasteiger partial charge in [-0.05, 0) is 51.6 Å². The summed E-state index contributed by atoms with van der Waals surface area (Å²) in [6, 6.07) is 14.3. The highest BCUT2D eigenvalue weighted by molar-refractivity contribution is 8.04. The maximum Gasteiger partial charge on any atom is 0.260 e. The van der Waals surface area contributed by atoms with Gasteiger partial charge in [0.25, 0.3) is 5.91 Å². The minimum atomic E-state index is -0.371. The van der Waals surface area contributed by atoms with Gasteiger partial charge >= 0.3 is 0 Å². The minimum Gasteiger partial charge on any atom is -0.507 e. The Kier molecular flexibility index (Phi) is 6.83. The Balaban J connectivity index is 1.90. The van der Waals surface area contributed by atoms with Crippen LogP contribution in [0.1, 0.15) is 69.0 Å². The molecular weight excluding hydrogens is 416 g/mol. The number of thioether (sulfide) groups is 1. The zero-order valence-corrected chi connectivity index (χ0v) is 21.2. The molecule has 0 spiro atoms. The molecule has 1 saturated heterocycles. The van der Waals surface area contributed by atoms with Crippen LogP contribution in [0.5, 0.6) is 5.75 Å². The van der Waals surface area contributed by atoms with E-state index in [0.29, 0.717) is 5.75 Å². The van der Waals surface area contributed by atoms with E-state index >= 15 is 0 Å². The van der Waals surface area contributed by atoms with Crippen molar-refractivity contribution in [3.8, 4) is 5.75 Å². The van der Waals surface area contributed by atoms with Crippen molar-refractivity contribution in [2.45, 2.75) is 64.0 Å². The number of aromatic hydroxyl groups is 1. The van der Waals surface area contributed by atoms with Gasteiger partial charge in [0.05, 0.1) is 5.03 Å². The summed E-state index contributed by atoms with van der Waals surface area (Å²) in [5, 5.41) is 15.1. The predicted molar refractivity (Wildman–Crippen MR) is 135 cm³/mol. The lowest BCUT2D eigenvalue weighted by Crippen LogP contribution is -2.41. The first kappa shape index (κ1) is 24.4. The van der Waals surface area contributed by atoms with Gasteiger partial charge in [-0.1, -0.05) is 90.2 Å². The van der Waals surface area contributed by atoms with Gasteiger partial charge in [-0.2, -0.15) is 0 Å². The zero-order valence-electron chi connectivity index (χ0n) is 20.4. The molecule has 0 saturated carbocycles. The summed E-state index contributed by atoms with van der Waals surface area (Å²) in [4.78, 5) is 13.5. The molecule has 5 heteroatoms. The summed E-state index contributed by atoms with van der Waals surface area (Å²) < 4.78 is 0. The van der Waals surface area contributed by atoms with Crippen LogP contribution in [0.3, 0.4) is 0 Å². The van der Waals surface area contributed by atoms with Crippen molar-refractivity contribution in [1.29, 1.82) is 0 Å². The molecule has 4 nitrogen and oxygen atoms in total. The molecule has 1 unspecified atom stereocenters. The van der Waals surface area contributed by atoms with E-state index in [0.717, 1.165) is 34.7 Å². The van der Waals surface area contributed by atoms with E-state index < -0.39 is 0 Å². The first-order valence-electron chi connectivity index (χ1n) is 11.1. The van der Waals surface area contributed by atoms with Crippen LogP contribution in [0.15, 0.2) is 54.1 Å². The van der Waals surface area contributed by atoms with Gasteiger partial charge in [-0.3, -0.25) is 4.79 Å². The maximum absolute atomic E-state index is 13.5. The Labute approximate surface area is 197 Å². The van der Waals surface area contributed by atoms with Crippen molar-refractivity contribution in [3.05, 3.63) is 76.3 Å². The number of hydrazine groups is 1. The first-order chi connectivity index (χ1) is 14.8. The number of likely N-dealkylation sites (N-methyl/N-ethyl adjacent to an activating group) is 1. The van der Waals surface area contributed by atoms with E-state index in [1.807, 2.05) is 42.4 Å². The fourth-order valence-corrected chi connectivity index (χ4v) is 5.10. The van der Waals surface area contributed by atoms with E-state index in [-0.39, 0.29) is 22.0 Å². The highest BCUT2D eigenvalue weighted by Crippen LogP contribution is 2.48. The van der Waals surface area contributed by atoms with E-state index in [9.17, 15) is 9.90 Å². The number of phenols is 1. The quantitative estimate of drug-likeness (QED) is 0.590. The van der Waals surface area contributed by atoms with Crippen molar-refractivity contribution in [1.82, 2.24) is 10.0 Å². The fourth-order valence-electron chi connectivity index (χ4n) is 4.03. The molecule has 1 N–H and O–H groups in total. The van der Waals surface area contributed by atoms with Crippen molar-refractivity contribution in [2.75, 3.05) is 13.6 Å². The van der Waals surface area contributed by atoms with Gasteiger partial charge in [0.15, 0.2) is 0 Å². The highest BCUT2D eigenvalue weighted by atomic mass is 32.2. The van der Waals surface area contributed by atoms with Crippen molar-refractivity contribution >= 4 is 17.7 Å². The third-order valence-corrected chi connectivity index (χ3v) is 7.04. The molecule has 1 amide bonds. The minimum absolute atomic E-state index is 0.0148. The molecule has 172 valence electrons. The third kappa shape index (κ3) is 5.05. The number of nitrogens with zero attached hydrogens (tertiary/aromatic N) is 2. The Morgan fingerprint density at radius 1 is 1.03 bits per heavy atom. The van der Waals surface area contributed by atoms with Crippen LogP contribution in [-0.4, -0.2) is 34.6 Å². The van der Waals surface area contributed by atoms with Gasteiger partial charge in [-0.25, -0.2) is 10.0 Å². The monoisotopic (exact) mass is 452 g/mol. The van der Waals surface area contributed by atoms with Gasteiger partial charge in [0, 0.05) is 13.6 Å². The lowest BCUT2D eigenvalue weighted by molar-refractivity contribution is -0.139. The summed E-state index contributed by atoms with van der Waals surface area (Å²) in [6.45, 7) is 17.4. The topological polar surface area (TPSA) is 43.8 Å². The SMILES string of the molecule is C=C1SC(c2cc(C(C)(C)C)c(O)c(C(C)(C)C)c2)C(=O)N1N(C)CCc1ccccc1. The molecule has 2 aromatic rings. The second-order valence-corrected chi connectivity index (χ2v) is 11.8. The zero-order chi connectivity index (χ0) is 23.8. The molecular formula is C27H36N2O2S. The number of rotatable bonds is 5. The van der Waals surface area contributed by atoms with Crippen molar-refractivity contribution in [2.24, 2.45) is 0 Å². The van der Waals surface area contributed by atoms with Crippen LogP contribution in [0.4, 0.5) is 0 Å². The average molecular weight is 453 g/mol. The van der Waals surface area contributed by atoms with E-state index in [1.165, 1.54) is 17.3 Å². The number of phenolic OH excluding ortho intramolecular Hbond substituents is 1. The van der Waals surface area contributed by atoms with Crippen LogP contribution in [0.25, 0.3) is 0 Å². The summed E-state index contributed by atoms with van der Waals surface area (Å²) in [7, 11) is 1.94. The van der Waals surface area contributed by atoms with Crippen LogP contribution in [-0.2, 0) is 22.0 Å². The number of hydrogen-bond acceptors (Lipinski definition) is 4. The van der Waals surface area contributed by atoms with Gasteiger partial charge in [0.2, 0.25) is 0 Å². The molecule has 1 heterocycles. The molecule has 1 atom stereocenters. The van der Waals surface area contributed by atoms with Crippen LogP contribution < -0.4 is 0 Å².